The summed E-state index contributed by atoms with van der Waals surface area (Å²) in [5, 5.41) is 6.83. The van der Waals surface area contributed by atoms with E-state index in [1.54, 1.807) is 18.4 Å². The van der Waals surface area contributed by atoms with Crippen LogP contribution >= 0.6 is 0 Å². The van der Waals surface area contributed by atoms with Crippen molar-refractivity contribution in [2.75, 3.05) is 10.6 Å². The molecule has 0 spiro atoms. The van der Waals surface area contributed by atoms with Crippen LogP contribution in [0.15, 0.2) is 71.3 Å². The summed E-state index contributed by atoms with van der Waals surface area (Å²) in [4.78, 5) is 25.2. The molecule has 31 heavy (non-hydrogen) atoms. The van der Waals surface area contributed by atoms with Gasteiger partial charge in [-0.1, -0.05) is 36.4 Å². The summed E-state index contributed by atoms with van der Waals surface area (Å²) in [6.07, 6.45) is 1.86. The second kappa shape index (κ2) is 8.48. The molecule has 0 saturated carbocycles. The van der Waals surface area contributed by atoms with Gasteiger partial charge in [-0.2, -0.15) is 0 Å². The molecule has 0 unspecified atom stereocenters. The van der Waals surface area contributed by atoms with Crippen LogP contribution < -0.4 is 10.6 Å². The number of amides is 2. The molecule has 2 N–H and O–H groups in total. The monoisotopic (exact) mass is 412 g/mol. The van der Waals surface area contributed by atoms with Gasteiger partial charge < -0.3 is 15.1 Å². The average Bonchev–Trinajstić information content (AvgIpc) is 3.17. The topological polar surface area (TPSA) is 71.3 Å². The largest absolute Gasteiger partial charge is 0.464 e. The van der Waals surface area contributed by atoms with E-state index >= 15 is 0 Å². The summed E-state index contributed by atoms with van der Waals surface area (Å²) in [6, 6.07) is 18.5. The Morgan fingerprint density at radius 3 is 2.26 bits per heavy atom. The van der Waals surface area contributed by atoms with Gasteiger partial charge in [0.2, 0.25) is 5.91 Å². The Hall–Kier alpha value is -3.86. The van der Waals surface area contributed by atoms with Gasteiger partial charge in [0.05, 0.1) is 12.7 Å². The summed E-state index contributed by atoms with van der Waals surface area (Å²) in [7, 11) is 0. The molecular formula is C26H24N2O3. The van der Waals surface area contributed by atoms with Crippen LogP contribution in [0.1, 0.15) is 32.6 Å². The first-order valence-corrected chi connectivity index (χ1v) is 10.2. The zero-order valence-electron chi connectivity index (χ0n) is 17.8. The summed E-state index contributed by atoms with van der Waals surface area (Å²) < 4.78 is 5.71. The van der Waals surface area contributed by atoms with Crippen molar-refractivity contribution in [3.8, 4) is 0 Å². The molecule has 0 atom stereocenters. The zero-order chi connectivity index (χ0) is 22.0. The minimum absolute atomic E-state index is 0.143. The first-order valence-electron chi connectivity index (χ1n) is 10.2. The molecule has 2 amide bonds. The standard InChI is InChI=1S/C26H24N2O3/c1-16-12-13-21-20(15-31-25(21)17(16)2)14-24(29)27-22-10-7-11-23(18(22)3)28-26(30)19-8-5-4-6-9-19/h4-13,15H,14H2,1-3H3,(H,27,29)(H,28,30). The van der Waals surface area contributed by atoms with E-state index in [0.29, 0.717) is 16.9 Å². The molecule has 3 aromatic carbocycles. The van der Waals surface area contributed by atoms with E-state index in [-0.39, 0.29) is 18.2 Å². The van der Waals surface area contributed by atoms with E-state index in [2.05, 4.69) is 10.6 Å². The predicted molar refractivity (Wildman–Crippen MR) is 124 cm³/mol. The Bertz CT molecular complexity index is 1270. The molecule has 156 valence electrons. The molecule has 4 aromatic rings. The van der Waals surface area contributed by atoms with Crippen molar-refractivity contribution in [1.82, 2.24) is 0 Å². The van der Waals surface area contributed by atoms with Gasteiger partial charge >= 0.3 is 0 Å². The van der Waals surface area contributed by atoms with Crippen molar-refractivity contribution >= 4 is 34.2 Å². The van der Waals surface area contributed by atoms with Crippen LogP contribution in [-0.2, 0) is 11.2 Å². The Balaban J connectivity index is 1.50. The van der Waals surface area contributed by atoms with Crippen LogP contribution in [-0.4, -0.2) is 11.8 Å². The number of aryl methyl sites for hydroxylation is 2. The number of rotatable bonds is 5. The fourth-order valence-electron chi connectivity index (χ4n) is 3.58. The van der Waals surface area contributed by atoms with E-state index in [0.717, 1.165) is 33.2 Å². The molecule has 4 rings (SSSR count). The van der Waals surface area contributed by atoms with Crippen LogP contribution in [0.25, 0.3) is 11.0 Å². The third-order valence-corrected chi connectivity index (χ3v) is 5.58. The minimum atomic E-state index is -0.192. The lowest BCUT2D eigenvalue weighted by Gasteiger charge is -2.13. The minimum Gasteiger partial charge on any atom is -0.464 e. The lowest BCUT2D eigenvalue weighted by Crippen LogP contribution is -2.17. The maximum absolute atomic E-state index is 12.7. The summed E-state index contributed by atoms with van der Waals surface area (Å²) in [5.74, 6) is -0.335. The van der Waals surface area contributed by atoms with E-state index in [4.69, 9.17) is 4.42 Å². The van der Waals surface area contributed by atoms with Crippen LogP contribution in [0.5, 0.6) is 0 Å². The van der Waals surface area contributed by atoms with E-state index in [1.807, 2.05) is 69.3 Å². The van der Waals surface area contributed by atoms with Crippen molar-refractivity contribution in [1.29, 1.82) is 0 Å². The van der Waals surface area contributed by atoms with Gasteiger partial charge in [0, 0.05) is 27.9 Å². The molecule has 1 aromatic heterocycles. The lowest BCUT2D eigenvalue weighted by atomic mass is 10.0. The fourth-order valence-corrected chi connectivity index (χ4v) is 3.58. The quantitative estimate of drug-likeness (QED) is 0.436. The average molecular weight is 412 g/mol. The van der Waals surface area contributed by atoms with E-state index in [1.165, 1.54) is 0 Å². The Morgan fingerprint density at radius 1 is 0.806 bits per heavy atom. The lowest BCUT2D eigenvalue weighted by molar-refractivity contribution is -0.115. The van der Waals surface area contributed by atoms with Gasteiger partial charge in [-0.25, -0.2) is 0 Å². The SMILES string of the molecule is Cc1ccc2c(CC(=O)Nc3cccc(NC(=O)c4ccccc4)c3C)coc2c1C. The molecule has 0 saturated heterocycles. The number of hydrogen-bond donors (Lipinski definition) is 2. The second-order valence-corrected chi connectivity index (χ2v) is 7.67. The number of nitrogens with one attached hydrogen (secondary N) is 2. The number of fused-ring (bicyclic) bond motifs is 1. The van der Waals surface area contributed by atoms with E-state index in [9.17, 15) is 9.59 Å². The molecule has 5 nitrogen and oxygen atoms in total. The van der Waals surface area contributed by atoms with Gasteiger partial charge in [-0.15, -0.1) is 0 Å². The highest BCUT2D eigenvalue weighted by molar-refractivity contribution is 6.05. The second-order valence-electron chi connectivity index (χ2n) is 7.67. The Kier molecular flexibility index (Phi) is 5.58. The maximum atomic E-state index is 12.7. The molecular weight excluding hydrogens is 388 g/mol. The fraction of sp³-hybridized carbons (Fsp3) is 0.154. The zero-order valence-corrected chi connectivity index (χ0v) is 17.8. The van der Waals surface area contributed by atoms with E-state index < -0.39 is 0 Å². The van der Waals surface area contributed by atoms with Gasteiger partial charge in [0.15, 0.2) is 0 Å². The number of benzene rings is 3. The van der Waals surface area contributed by atoms with Crippen LogP contribution in [0.2, 0.25) is 0 Å². The highest BCUT2D eigenvalue weighted by Crippen LogP contribution is 2.28. The van der Waals surface area contributed by atoms with Gasteiger partial charge in [-0.05, 0) is 61.7 Å². The van der Waals surface area contributed by atoms with Crippen molar-refractivity contribution in [3.05, 3.63) is 94.7 Å². The van der Waals surface area contributed by atoms with Crippen LogP contribution in [0, 0.1) is 20.8 Å². The van der Waals surface area contributed by atoms with Crippen LogP contribution in [0.4, 0.5) is 11.4 Å². The first-order chi connectivity index (χ1) is 14.9. The van der Waals surface area contributed by atoms with Gasteiger partial charge in [0.25, 0.3) is 5.91 Å². The molecule has 0 fully saturated rings. The number of anilines is 2. The van der Waals surface area contributed by atoms with Crippen molar-refractivity contribution in [3.63, 3.8) is 0 Å². The van der Waals surface area contributed by atoms with Gasteiger partial charge in [0.1, 0.15) is 5.58 Å². The van der Waals surface area contributed by atoms with Gasteiger partial charge in [-0.3, -0.25) is 9.59 Å². The smallest absolute Gasteiger partial charge is 0.255 e. The highest BCUT2D eigenvalue weighted by atomic mass is 16.3. The van der Waals surface area contributed by atoms with Crippen molar-refractivity contribution in [2.24, 2.45) is 0 Å². The highest BCUT2D eigenvalue weighted by Gasteiger charge is 2.15. The summed E-state index contributed by atoms with van der Waals surface area (Å²) in [5.41, 5.74) is 6.61. The molecule has 1 heterocycles. The third-order valence-electron chi connectivity index (χ3n) is 5.58. The van der Waals surface area contributed by atoms with Crippen LogP contribution in [0.3, 0.4) is 0 Å². The number of hydrogen-bond acceptors (Lipinski definition) is 3. The molecule has 0 bridgehead atoms. The summed E-state index contributed by atoms with van der Waals surface area (Å²) >= 11 is 0. The molecule has 0 aliphatic heterocycles. The van der Waals surface area contributed by atoms with Crippen molar-refractivity contribution < 1.29 is 14.0 Å². The molecule has 0 aliphatic rings. The maximum Gasteiger partial charge on any atom is 0.255 e. The normalized spacial score (nSPS) is 10.8. The molecule has 5 heteroatoms. The number of carbonyl (C=O) groups excluding carboxylic acids is 2. The Morgan fingerprint density at radius 2 is 1.52 bits per heavy atom. The third kappa shape index (κ3) is 4.21. The molecule has 0 aliphatic carbocycles. The summed E-state index contributed by atoms with van der Waals surface area (Å²) in [6.45, 7) is 5.93. The first kappa shape index (κ1) is 20.4. The molecule has 0 radical (unpaired) electrons. The number of carbonyl (C=O) groups is 2. The predicted octanol–water partition coefficient (Wildman–Crippen LogP) is 5.79. The number of furan rings is 1. The Labute approximate surface area is 181 Å². The van der Waals surface area contributed by atoms with Crippen molar-refractivity contribution in [2.45, 2.75) is 27.2 Å².